The molecule has 13 heteroatoms. The molecule has 4 aromatic heterocycles. The van der Waals surface area contributed by atoms with Crippen molar-refractivity contribution in [3.8, 4) is 22.6 Å². The molecule has 0 radical (unpaired) electrons. The molecule has 10 nitrogen and oxygen atoms in total. The second-order valence-corrected chi connectivity index (χ2v) is 7.43. The van der Waals surface area contributed by atoms with Crippen molar-refractivity contribution in [2.24, 2.45) is 0 Å². The number of hydrogen-bond donors (Lipinski definition) is 1. The van der Waals surface area contributed by atoms with Gasteiger partial charge in [0.2, 0.25) is 5.82 Å². The molecule has 0 aromatic carbocycles. The van der Waals surface area contributed by atoms with Crippen LogP contribution in [-0.4, -0.2) is 45.9 Å². The SMILES string of the molecule is Cc1cnc(C(=O)Nc2cccc(-c3nnnn3C(C)C)n2)cc1-c1cnn(C(F)(F)F)c1. The Bertz CT molecular complexity index is 1310. The topological polar surface area (TPSA) is 116 Å². The van der Waals surface area contributed by atoms with Crippen LogP contribution in [0.3, 0.4) is 0 Å². The average molecular weight is 457 g/mol. The molecule has 0 atom stereocenters. The third kappa shape index (κ3) is 4.56. The van der Waals surface area contributed by atoms with Gasteiger partial charge in [-0.05, 0) is 60.5 Å². The lowest BCUT2D eigenvalue weighted by Gasteiger charge is -2.10. The normalized spacial score (nSPS) is 11.7. The summed E-state index contributed by atoms with van der Waals surface area (Å²) in [5.41, 5.74) is 1.68. The van der Waals surface area contributed by atoms with Crippen LogP contribution in [0.15, 0.2) is 42.9 Å². The maximum Gasteiger partial charge on any atom is 0.504 e. The number of carbonyl (C=O) groups is 1. The number of aromatic nitrogens is 8. The minimum atomic E-state index is -4.63. The van der Waals surface area contributed by atoms with E-state index in [1.54, 1.807) is 29.8 Å². The fourth-order valence-corrected chi connectivity index (χ4v) is 3.08. The fourth-order valence-electron chi connectivity index (χ4n) is 3.08. The zero-order valence-electron chi connectivity index (χ0n) is 17.7. The van der Waals surface area contributed by atoms with Gasteiger partial charge in [-0.3, -0.25) is 9.78 Å². The third-order valence-electron chi connectivity index (χ3n) is 4.69. The van der Waals surface area contributed by atoms with Crippen molar-refractivity contribution in [3.05, 3.63) is 54.1 Å². The number of nitrogens with one attached hydrogen (secondary N) is 1. The molecule has 33 heavy (non-hydrogen) atoms. The van der Waals surface area contributed by atoms with Gasteiger partial charge in [-0.25, -0.2) is 9.67 Å². The lowest BCUT2D eigenvalue weighted by Crippen LogP contribution is -2.16. The molecule has 0 saturated carbocycles. The Morgan fingerprint density at radius 3 is 2.67 bits per heavy atom. The van der Waals surface area contributed by atoms with Crippen LogP contribution in [0.5, 0.6) is 0 Å². The number of hydrogen-bond acceptors (Lipinski definition) is 7. The van der Waals surface area contributed by atoms with E-state index in [-0.39, 0.29) is 27.8 Å². The second-order valence-electron chi connectivity index (χ2n) is 7.43. The monoisotopic (exact) mass is 457 g/mol. The van der Waals surface area contributed by atoms with E-state index in [1.807, 2.05) is 13.8 Å². The molecule has 4 aromatic rings. The summed E-state index contributed by atoms with van der Waals surface area (Å²) in [5, 5.41) is 17.6. The summed E-state index contributed by atoms with van der Waals surface area (Å²) in [5.74, 6) is 0.107. The summed E-state index contributed by atoms with van der Waals surface area (Å²) >= 11 is 0. The maximum absolute atomic E-state index is 12.9. The molecule has 4 heterocycles. The van der Waals surface area contributed by atoms with Crippen molar-refractivity contribution in [1.82, 2.24) is 40.0 Å². The summed E-state index contributed by atoms with van der Waals surface area (Å²) in [6, 6.07) is 6.41. The highest BCUT2D eigenvalue weighted by Crippen LogP contribution is 2.28. The lowest BCUT2D eigenvalue weighted by atomic mass is 10.0. The van der Waals surface area contributed by atoms with E-state index >= 15 is 0 Å². The van der Waals surface area contributed by atoms with E-state index in [0.717, 1.165) is 12.4 Å². The Kier molecular flexibility index (Phi) is 5.62. The molecule has 0 spiro atoms. The first-order valence-corrected chi connectivity index (χ1v) is 9.79. The van der Waals surface area contributed by atoms with Gasteiger partial charge in [0.05, 0.1) is 12.2 Å². The molecule has 0 bridgehead atoms. The Balaban J connectivity index is 1.59. The number of amides is 1. The van der Waals surface area contributed by atoms with Gasteiger partial charge in [0.15, 0.2) is 0 Å². The van der Waals surface area contributed by atoms with E-state index < -0.39 is 12.2 Å². The number of tetrazole rings is 1. The molecule has 1 N–H and O–H groups in total. The van der Waals surface area contributed by atoms with E-state index in [1.165, 1.54) is 12.3 Å². The molecule has 0 unspecified atom stereocenters. The van der Waals surface area contributed by atoms with E-state index in [2.05, 4.69) is 35.9 Å². The highest BCUT2D eigenvalue weighted by molar-refractivity contribution is 6.03. The van der Waals surface area contributed by atoms with Crippen LogP contribution in [0.2, 0.25) is 0 Å². The minimum Gasteiger partial charge on any atom is -0.305 e. The van der Waals surface area contributed by atoms with Crippen LogP contribution in [-0.2, 0) is 6.30 Å². The van der Waals surface area contributed by atoms with Gasteiger partial charge in [-0.2, -0.15) is 9.78 Å². The number of nitrogens with zero attached hydrogens (tertiary/aromatic N) is 8. The molecule has 0 aliphatic heterocycles. The Morgan fingerprint density at radius 1 is 1.18 bits per heavy atom. The molecule has 0 saturated heterocycles. The number of rotatable bonds is 5. The largest absolute Gasteiger partial charge is 0.504 e. The van der Waals surface area contributed by atoms with Gasteiger partial charge in [0.25, 0.3) is 5.91 Å². The summed E-state index contributed by atoms with van der Waals surface area (Å²) < 4.78 is 40.1. The Labute approximate surface area is 185 Å². The zero-order chi connectivity index (χ0) is 23.8. The van der Waals surface area contributed by atoms with Crippen molar-refractivity contribution in [2.45, 2.75) is 33.1 Å². The predicted octanol–water partition coefficient (Wildman–Crippen LogP) is 3.61. The van der Waals surface area contributed by atoms with Gasteiger partial charge in [-0.15, -0.1) is 18.3 Å². The first-order valence-electron chi connectivity index (χ1n) is 9.79. The van der Waals surface area contributed by atoms with Crippen LogP contribution in [0.25, 0.3) is 22.6 Å². The van der Waals surface area contributed by atoms with Gasteiger partial charge < -0.3 is 5.32 Å². The maximum atomic E-state index is 12.9. The van der Waals surface area contributed by atoms with Crippen LogP contribution in [0, 0.1) is 6.92 Å². The number of carbonyl (C=O) groups excluding carboxylic acids is 1. The number of alkyl halides is 3. The summed E-state index contributed by atoms with van der Waals surface area (Å²) in [4.78, 5) is 21.3. The zero-order valence-corrected chi connectivity index (χ0v) is 17.7. The first kappa shape index (κ1) is 22.0. The molecule has 1 amide bonds. The van der Waals surface area contributed by atoms with E-state index in [9.17, 15) is 18.0 Å². The van der Waals surface area contributed by atoms with Crippen LogP contribution in [0.4, 0.5) is 19.0 Å². The van der Waals surface area contributed by atoms with Gasteiger partial charge in [0.1, 0.15) is 17.2 Å². The van der Waals surface area contributed by atoms with Crippen LogP contribution >= 0.6 is 0 Å². The standard InChI is InChI=1S/C20H18F3N9O/c1-11(2)32-18(28-29-30-32)15-5-4-6-17(26-15)27-19(33)16-7-14(12(3)8-24-16)13-9-25-31(10-13)20(21,22)23/h4-11H,1-3H3,(H,26,27,33). The van der Waals surface area contributed by atoms with E-state index in [0.29, 0.717) is 22.6 Å². The van der Waals surface area contributed by atoms with E-state index in [4.69, 9.17) is 0 Å². The van der Waals surface area contributed by atoms with Crippen molar-refractivity contribution in [2.75, 3.05) is 5.32 Å². The molecular weight excluding hydrogens is 439 g/mol. The smallest absolute Gasteiger partial charge is 0.305 e. The Hall–Kier alpha value is -4.16. The third-order valence-corrected chi connectivity index (χ3v) is 4.69. The summed E-state index contributed by atoms with van der Waals surface area (Å²) in [6.45, 7) is 5.52. The predicted molar refractivity (Wildman–Crippen MR) is 111 cm³/mol. The second kappa shape index (κ2) is 8.41. The van der Waals surface area contributed by atoms with Gasteiger partial charge in [0, 0.05) is 18.0 Å². The quantitative estimate of drug-likeness (QED) is 0.487. The minimum absolute atomic E-state index is 0.00641. The van der Waals surface area contributed by atoms with Crippen molar-refractivity contribution in [3.63, 3.8) is 0 Å². The van der Waals surface area contributed by atoms with Crippen LogP contribution < -0.4 is 5.32 Å². The molecule has 0 fully saturated rings. The first-order chi connectivity index (χ1) is 15.6. The summed E-state index contributed by atoms with van der Waals surface area (Å²) in [6.07, 6.45) is -1.28. The number of aryl methyl sites for hydroxylation is 1. The van der Waals surface area contributed by atoms with Gasteiger partial charge in [-0.1, -0.05) is 6.07 Å². The molecule has 170 valence electrons. The van der Waals surface area contributed by atoms with Crippen molar-refractivity contribution >= 4 is 11.7 Å². The highest BCUT2D eigenvalue weighted by Gasteiger charge is 2.31. The van der Waals surface area contributed by atoms with Crippen molar-refractivity contribution in [1.29, 1.82) is 0 Å². The lowest BCUT2D eigenvalue weighted by molar-refractivity contribution is -0.212. The van der Waals surface area contributed by atoms with Crippen LogP contribution in [0.1, 0.15) is 35.9 Å². The number of anilines is 1. The Morgan fingerprint density at radius 2 is 1.97 bits per heavy atom. The molecule has 0 aliphatic rings. The number of halogens is 3. The summed E-state index contributed by atoms with van der Waals surface area (Å²) in [7, 11) is 0. The average Bonchev–Trinajstić information content (AvgIpc) is 3.44. The van der Waals surface area contributed by atoms with Crippen molar-refractivity contribution < 1.29 is 18.0 Å². The molecule has 4 rings (SSSR count). The molecule has 0 aliphatic carbocycles. The number of pyridine rings is 2. The highest BCUT2D eigenvalue weighted by atomic mass is 19.4. The molecular formula is C20H18F3N9O. The fraction of sp³-hybridized carbons (Fsp3) is 0.250. The van der Waals surface area contributed by atoms with Gasteiger partial charge >= 0.3 is 6.30 Å².